The van der Waals surface area contributed by atoms with Gasteiger partial charge in [0.15, 0.2) is 0 Å². The molecule has 0 saturated carbocycles. The highest BCUT2D eigenvalue weighted by molar-refractivity contribution is 6.31. The molecule has 1 atom stereocenters. The lowest BCUT2D eigenvalue weighted by atomic mass is 10.1. The molecular formula is C12H11ClN2O2. The van der Waals surface area contributed by atoms with Crippen molar-refractivity contribution in [3.8, 4) is 5.75 Å². The van der Waals surface area contributed by atoms with Crippen molar-refractivity contribution in [3.05, 3.63) is 53.1 Å². The van der Waals surface area contributed by atoms with Crippen molar-refractivity contribution in [1.82, 2.24) is 9.97 Å². The minimum absolute atomic E-state index is 0.396. The van der Waals surface area contributed by atoms with Gasteiger partial charge < -0.3 is 9.84 Å². The zero-order valence-corrected chi connectivity index (χ0v) is 9.93. The van der Waals surface area contributed by atoms with Crippen LogP contribution in [0.3, 0.4) is 0 Å². The highest BCUT2D eigenvalue weighted by atomic mass is 35.5. The van der Waals surface area contributed by atoms with E-state index in [1.54, 1.807) is 30.6 Å². The molecular weight excluding hydrogens is 240 g/mol. The normalized spacial score (nSPS) is 12.2. The van der Waals surface area contributed by atoms with Gasteiger partial charge in [0.2, 0.25) is 0 Å². The molecule has 0 spiro atoms. The van der Waals surface area contributed by atoms with E-state index in [1.165, 1.54) is 13.3 Å². The van der Waals surface area contributed by atoms with Crippen LogP contribution in [0.2, 0.25) is 5.02 Å². The van der Waals surface area contributed by atoms with Gasteiger partial charge in [-0.15, -0.1) is 0 Å². The molecule has 0 aromatic carbocycles. The molecule has 2 aromatic rings. The first-order valence-corrected chi connectivity index (χ1v) is 5.38. The first-order valence-electron chi connectivity index (χ1n) is 5.00. The fraction of sp³-hybridized carbons (Fsp3) is 0.167. The Kier molecular flexibility index (Phi) is 3.56. The fourth-order valence-corrected chi connectivity index (χ4v) is 1.76. The summed E-state index contributed by atoms with van der Waals surface area (Å²) in [7, 11) is 1.53. The number of nitrogens with zero attached hydrogens (tertiary/aromatic N) is 2. The summed E-state index contributed by atoms with van der Waals surface area (Å²) in [4.78, 5) is 7.98. The van der Waals surface area contributed by atoms with Gasteiger partial charge >= 0.3 is 0 Å². The van der Waals surface area contributed by atoms with Gasteiger partial charge in [-0.3, -0.25) is 9.97 Å². The Hall–Kier alpha value is -1.65. The molecule has 0 aliphatic carbocycles. The van der Waals surface area contributed by atoms with Crippen LogP contribution in [0.4, 0.5) is 0 Å². The van der Waals surface area contributed by atoms with Gasteiger partial charge in [-0.25, -0.2) is 0 Å². The lowest BCUT2D eigenvalue weighted by Crippen LogP contribution is -2.05. The number of hydrogen-bond donors (Lipinski definition) is 1. The molecule has 0 radical (unpaired) electrons. The Balaban J connectivity index is 2.44. The van der Waals surface area contributed by atoms with Gasteiger partial charge in [-0.05, 0) is 18.2 Å². The van der Waals surface area contributed by atoms with Crippen molar-refractivity contribution in [2.75, 3.05) is 7.11 Å². The number of aliphatic hydroxyl groups is 1. The molecule has 88 valence electrons. The molecule has 1 N–H and O–H groups in total. The van der Waals surface area contributed by atoms with Crippen LogP contribution in [-0.4, -0.2) is 22.2 Å². The zero-order valence-electron chi connectivity index (χ0n) is 9.17. The first kappa shape index (κ1) is 11.8. The predicted octanol–water partition coefficient (Wildman–Crippen LogP) is 2.22. The number of aromatic nitrogens is 2. The minimum atomic E-state index is -0.929. The summed E-state index contributed by atoms with van der Waals surface area (Å²) in [5, 5.41) is 10.6. The highest BCUT2D eigenvalue weighted by Crippen LogP contribution is 2.30. The van der Waals surface area contributed by atoms with Gasteiger partial charge in [-0.2, -0.15) is 0 Å². The summed E-state index contributed by atoms with van der Waals surface area (Å²) in [5.74, 6) is 0.521. The molecule has 5 heteroatoms. The van der Waals surface area contributed by atoms with Crippen LogP contribution in [0, 0.1) is 0 Å². The van der Waals surface area contributed by atoms with Gasteiger partial charge in [0.25, 0.3) is 0 Å². The zero-order chi connectivity index (χ0) is 12.3. The summed E-state index contributed by atoms with van der Waals surface area (Å²) in [6.45, 7) is 0. The second-order valence-electron chi connectivity index (χ2n) is 3.39. The van der Waals surface area contributed by atoms with E-state index >= 15 is 0 Å². The predicted molar refractivity (Wildman–Crippen MR) is 64.1 cm³/mol. The van der Waals surface area contributed by atoms with Crippen LogP contribution in [0.1, 0.15) is 17.4 Å². The van der Waals surface area contributed by atoms with E-state index in [0.717, 1.165) is 0 Å². The summed E-state index contributed by atoms with van der Waals surface area (Å²) < 4.78 is 5.15. The molecule has 17 heavy (non-hydrogen) atoms. The number of pyridine rings is 2. The molecule has 0 fully saturated rings. The van der Waals surface area contributed by atoms with Crippen molar-refractivity contribution in [1.29, 1.82) is 0 Å². The molecule has 0 aliphatic rings. The Morgan fingerprint density at radius 3 is 2.88 bits per heavy atom. The molecule has 0 bridgehead atoms. The lowest BCUT2D eigenvalue weighted by Gasteiger charge is -2.14. The molecule has 0 aliphatic heterocycles. The minimum Gasteiger partial charge on any atom is -0.495 e. The number of methoxy groups -OCH3 is 1. The second kappa shape index (κ2) is 5.12. The number of hydrogen-bond acceptors (Lipinski definition) is 4. The second-order valence-corrected chi connectivity index (χ2v) is 3.80. The highest BCUT2D eigenvalue weighted by Gasteiger charge is 2.18. The quantitative estimate of drug-likeness (QED) is 0.908. The van der Waals surface area contributed by atoms with E-state index < -0.39 is 6.10 Å². The summed E-state index contributed by atoms with van der Waals surface area (Å²) in [5.41, 5.74) is 0.988. The van der Waals surface area contributed by atoms with Crippen LogP contribution in [0.25, 0.3) is 0 Å². The summed E-state index contributed by atoms with van der Waals surface area (Å²) >= 11 is 5.97. The van der Waals surface area contributed by atoms with Crippen LogP contribution in [-0.2, 0) is 0 Å². The van der Waals surface area contributed by atoms with E-state index in [1.807, 2.05) is 0 Å². The van der Waals surface area contributed by atoms with Crippen LogP contribution < -0.4 is 4.74 Å². The molecule has 0 saturated heterocycles. The summed E-state index contributed by atoms with van der Waals surface area (Å²) in [6, 6.07) is 5.13. The number of aliphatic hydroxyl groups excluding tert-OH is 1. The standard InChI is InChI=1S/C12H11ClN2O2/c1-17-10-3-2-5-15-11(10)12(16)8-4-6-14-7-9(8)13/h2-7,12,16H,1H3. The lowest BCUT2D eigenvalue weighted by molar-refractivity contribution is 0.209. The fourth-order valence-electron chi connectivity index (χ4n) is 1.54. The maximum Gasteiger partial charge on any atom is 0.143 e. The van der Waals surface area contributed by atoms with Crippen molar-refractivity contribution in [2.24, 2.45) is 0 Å². The Morgan fingerprint density at radius 1 is 1.35 bits per heavy atom. The van der Waals surface area contributed by atoms with E-state index in [2.05, 4.69) is 9.97 Å². The maximum atomic E-state index is 10.2. The molecule has 2 heterocycles. The largest absolute Gasteiger partial charge is 0.495 e. The van der Waals surface area contributed by atoms with E-state index in [-0.39, 0.29) is 0 Å². The average molecular weight is 251 g/mol. The van der Waals surface area contributed by atoms with Crippen LogP contribution in [0.5, 0.6) is 5.75 Å². The van der Waals surface area contributed by atoms with Crippen molar-refractivity contribution in [3.63, 3.8) is 0 Å². The molecule has 0 amide bonds. The summed E-state index contributed by atoms with van der Waals surface area (Å²) in [6.07, 6.45) is 3.72. The number of rotatable bonds is 3. The first-order chi connectivity index (χ1) is 8.24. The third-order valence-electron chi connectivity index (χ3n) is 2.38. The maximum absolute atomic E-state index is 10.2. The van der Waals surface area contributed by atoms with Crippen LogP contribution >= 0.6 is 11.6 Å². The number of ether oxygens (including phenoxy) is 1. The van der Waals surface area contributed by atoms with E-state index in [9.17, 15) is 5.11 Å². The topological polar surface area (TPSA) is 55.2 Å². The molecule has 2 rings (SSSR count). The van der Waals surface area contributed by atoms with Crippen molar-refractivity contribution in [2.45, 2.75) is 6.10 Å². The van der Waals surface area contributed by atoms with Gasteiger partial charge in [-0.1, -0.05) is 11.6 Å². The third-order valence-corrected chi connectivity index (χ3v) is 2.69. The molecule has 4 nitrogen and oxygen atoms in total. The Labute approximate surface area is 104 Å². The van der Waals surface area contributed by atoms with E-state index in [0.29, 0.717) is 22.0 Å². The Bertz CT molecular complexity index is 519. The van der Waals surface area contributed by atoms with Gasteiger partial charge in [0, 0.05) is 24.2 Å². The van der Waals surface area contributed by atoms with Crippen LogP contribution in [0.15, 0.2) is 36.8 Å². The SMILES string of the molecule is COc1cccnc1C(O)c1ccncc1Cl. The van der Waals surface area contributed by atoms with Gasteiger partial charge in [0.05, 0.1) is 12.1 Å². The van der Waals surface area contributed by atoms with Crippen molar-refractivity contribution < 1.29 is 9.84 Å². The monoisotopic (exact) mass is 250 g/mol. The van der Waals surface area contributed by atoms with Gasteiger partial charge in [0.1, 0.15) is 17.5 Å². The third kappa shape index (κ3) is 2.38. The van der Waals surface area contributed by atoms with E-state index in [4.69, 9.17) is 16.3 Å². The smallest absolute Gasteiger partial charge is 0.143 e. The Morgan fingerprint density at radius 2 is 2.18 bits per heavy atom. The molecule has 2 aromatic heterocycles. The number of halogens is 1. The van der Waals surface area contributed by atoms with Crippen molar-refractivity contribution >= 4 is 11.6 Å². The molecule has 1 unspecified atom stereocenters. The average Bonchev–Trinajstić information content (AvgIpc) is 2.38.